The Kier molecular flexibility index (Phi) is 4.83. The topological polar surface area (TPSA) is 85.2 Å². The molecule has 0 saturated heterocycles. The van der Waals surface area contributed by atoms with Gasteiger partial charge in [-0.15, -0.1) is 0 Å². The highest BCUT2D eigenvalue weighted by molar-refractivity contribution is 7.46. The molecule has 0 atom stereocenters. The average molecular weight is 186 g/mol. The molecule has 0 unspecified atom stereocenters. The van der Waals surface area contributed by atoms with E-state index in [1.807, 2.05) is 0 Å². The second-order valence-corrected chi connectivity index (χ2v) is 2.93. The van der Waals surface area contributed by atoms with Gasteiger partial charge in [-0.2, -0.15) is 0 Å². The highest BCUT2D eigenvalue weighted by atomic mass is 31.2. The van der Waals surface area contributed by atoms with E-state index in [4.69, 9.17) is 9.79 Å². The fraction of sp³-hybridized carbons (Fsp3) is 1.00. The Labute approximate surface area is 64.3 Å². The van der Waals surface area contributed by atoms with Gasteiger partial charge < -0.3 is 19.3 Å². The summed E-state index contributed by atoms with van der Waals surface area (Å²) in [6.07, 6.45) is -0.748. The number of methoxy groups -OCH3 is 2. The lowest BCUT2D eigenvalue weighted by molar-refractivity contribution is -0.125. The first kappa shape index (κ1) is 11.0. The molecule has 0 fully saturated rings. The van der Waals surface area contributed by atoms with Crippen LogP contribution in [0.3, 0.4) is 0 Å². The SMILES string of the molecule is COC(COP(=O)(O)O)OC. The molecule has 0 aliphatic heterocycles. The van der Waals surface area contributed by atoms with Gasteiger partial charge in [0.1, 0.15) is 6.61 Å². The normalized spacial score (nSPS) is 12.5. The lowest BCUT2D eigenvalue weighted by Crippen LogP contribution is -2.19. The Bertz CT molecular complexity index is 138. The summed E-state index contributed by atoms with van der Waals surface area (Å²) in [5, 5.41) is 0. The first-order valence-corrected chi connectivity index (χ1v) is 4.28. The maximum atomic E-state index is 10.1. The maximum absolute atomic E-state index is 10.1. The van der Waals surface area contributed by atoms with Crippen molar-refractivity contribution in [2.45, 2.75) is 6.29 Å². The summed E-state index contributed by atoms with van der Waals surface area (Å²) in [5.74, 6) is 0. The molecule has 0 saturated carbocycles. The molecule has 0 rings (SSSR count). The van der Waals surface area contributed by atoms with Crippen molar-refractivity contribution in [2.75, 3.05) is 20.8 Å². The smallest absolute Gasteiger partial charge is 0.354 e. The highest BCUT2D eigenvalue weighted by Crippen LogP contribution is 2.35. The predicted molar refractivity (Wildman–Crippen MR) is 35.8 cm³/mol. The number of phosphoric ester groups is 1. The van der Waals surface area contributed by atoms with E-state index in [-0.39, 0.29) is 6.61 Å². The van der Waals surface area contributed by atoms with E-state index in [1.165, 1.54) is 14.2 Å². The van der Waals surface area contributed by atoms with Crippen LogP contribution in [-0.2, 0) is 18.6 Å². The molecule has 2 N–H and O–H groups in total. The second kappa shape index (κ2) is 4.82. The highest BCUT2D eigenvalue weighted by Gasteiger charge is 2.17. The summed E-state index contributed by atoms with van der Waals surface area (Å²) in [6.45, 7) is -0.294. The average Bonchev–Trinajstić information content (AvgIpc) is 1.88. The Morgan fingerprint density at radius 2 is 1.82 bits per heavy atom. The molecule has 6 nitrogen and oxygen atoms in total. The van der Waals surface area contributed by atoms with Crippen LogP contribution in [0.15, 0.2) is 0 Å². The third kappa shape index (κ3) is 6.43. The van der Waals surface area contributed by atoms with Gasteiger partial charge in [-0.05, 0) is 0 Å². The molecule has 0 amide bonds. The van der Waals surface area contributed by atoms with Gasteiger partial charge in [0.15, 0.2) is 6.29 Å². The van der Waals surface area contributed by atoms with Crippen molar-refractivity contribution >= 4 is 7.82 Å². The van der Waals surface area contributed by atoms with Crippen LogP contribution >= 0.6 is 7.82 Å². The number of hydrogen-bond donors (Lipinski definition) is 2. The lowest BCUT2D eigenvalue weighted by atomic mass is 10.7. The van der Waals surface area contributed by atoms with Crippen LogP contribution < -0.4 is 0 Å². The van der Waals surface area contributed by atoms with Gasteiger partial charge >= 0.3 is 7.82 Å². The molecule has 0 aliphatic rings. The summed E-state index contributed by atoms with van der Waals surface area (Å²) in [6, 6.07) is 0. The van der Waals surface area contributed by atoms with E-state index in [1.54, 1.807) is 0 Å². The molecular weight excluding hydrogens is 175 g/mol. The van der Waals surface area contributed by atoms with E-state index in [0.717, 1.165) is 0 Å². The Morgan fingerprint density at radius 3 is 2.09 bits per heavy atom. The quantitative estimate of drug-likeness (QED) is 0.453. The van der Waals surface area contributed by atoms with Gasteiger partial charge in [-0.3, -0.25) is 4.52 Å². The zero-order chi connectivity index (χ0) is 8.91. The van der Waals surface area contributed by atoms with Crippen molar-refractivity contribution in [2.24, 2.45) is 0 Å². The van der Waals surface area contributed by atoms with Crippen LogP contribution in [0.4, 0.5) is 0 Å². The lowest BCUT2D eigenvalue weighted by Gasteiger charge is -2.13. The summed E-state index contributed by atoms with van der Waals surface area (Å²) in [7, 11) is -1.72. The van der Waals surface area contributed by atoms with Crippen molar-refractivity contribution < 1.29 is 28.3 Å². The minimum Gasteiger partial charge on any atom is -0.354 e. The maximum Gasteiger partial charge on any atom is 0.469 e. The summed E-state index contributed by atoms with van der Waals surface area (Å²) >= 11 is 0. The molecule has 0 aromatic carbocycles. The van der Waals surface area contributed by atoms with Crippen LogP contribution in [0.2, 0.25) is 0 Å². The second-order valence-electron chi connectivity index (χ2n) is 1.69. The van der Waals surface area contributed by atoms with Crippen LogP contribution in [0.5, 0.6) is 0 Å². The summed E-state index contributed by atoms with van der Waals surface area (Å²) in [5.41, 5.74) is 0. The molecule has 0 aliphatic carbocycles. The van der Waals surface area contributed by atoms with Crippen LogP contribution in [0.1, 0.15) is 0 Å². The molecule has 0 aromatic rings. The molecule has 0 heterocycles. The first-order chi connectivity index (χ1) is 4.99. The monoisotopic (exact) mass is 186 g/mol. The fourth-order valence-electron chi connectivity index (χ4n) is 0.390. The fourth-order valence-corrected chi connectivity index (χ4v) is 0.706. The van der Waals surface area contributed by atoms with Crippen LogP contribution in [0, 0.1) is 0 Å². The van der Waals surface area contributed by atoms with Crippen molar-refractivity contribution in [3.05, 3.63) is 0 Å². The first-order valence-electron chi connectivity index (χ1n) is 2.75. The van der Waals surface area contributed by atoms with Crippen LogP contribution in [0.25, 0.3) is 0 Å². The van der Waals surface area contributed by atoms with E-state index < -0.39 is 14.1 Å². The zero-order valence-corrected chi connectivity index (χ0v) is 7.15. The van der Waals surface area contributed by atoms with Crippen molar-refractivity contribution in [1.82, 2.24) is 0 Å². The molecule has 11 heavy (non-hydrogen) atoms. The van der Waals surface area contributed by atoms with E-state index in [0.29, 0.717) is 0 Å². The molecule has 7 heteroatoms. The van der Waals surface area contributed by atoms with E-state index in [9.17, 15) is 4.57 Å². The third-order valence-electron chi connectivity index (χ3n) is 0.905. The van der Waals surface area contributed by atoms with E-state index in [2.05, 4.69) is 14.0 Å². The van der Waals surface area contributed by atoms with Crippen LogP contribution in [-0.4, -0.2) is 36.9 Å². The van der Waals surface area contributed by atoms with Crippen molar-refractivity contribution in [1.29, 1.82) is 0 Å². The predicted octanol–water partition coefficient (Wildman–Crippen LogP) is -0.285. The number of hydrogen-bond acceptors (Lipinski definition) is 4. The summed E-state index contributed by atoms with van der Waals surface area (Å²) < 4.78 is 23.4. The Balaban J connectivity index is 3.59. The van der Waals surface area contributed by atoms with Gasteiger partial charge in [0.05, 0.1) is 0 Å². The minimum atomic E-state index is -4.41. The third-order valence-corrected chi connectivity index (χ3v) is 1.39. The number of ether oxygens (including phenoxy) is 2. The number of phosphoric acid groups is 1. The van der Waals surface area contributed by atoms with Gasteiger partial charge in [0.2, 0.25) is 0 Å². The van der Waals surface area contributed by atoms with Gasteiger partial charge in [-0.25, -0.2) is 4.57 Å². The van der Waals surface area contributed by atoms with E-state index >= 15 is 0 Å². The molecular formula is C4H11O6P. The molecule has 0 radical (unpaired) electrons. The summed E-state index contributed by atoms with van der Waals surface area (Å²) in [4.78, 5) is 16.5. The molecule has 0 spiro atoms. The van der Waals surface area contributed by atoms with Gasteiger partial charge in [-0.1, -0.05) is 0 Å². The van der Waals surface area contributed by atoms with Crippen molar-refractivity contribution in [3.63, 3.8) is 0 Å². The van der Waals surface area contributed by atoms with Crippen molar-refractivity contribution in [3.8, 4) is 0 Å². The number of rotatable bonds is 5. The van der Waals surface area contributed by atoms with Gasteiger partial charge in [0.25, 0.3) is 0 Å². The standard InChI is InChI=1S/C4H11O6P/c1-8-4(9-2)3-10-11(5,6)7/h4H,3H2,1-2H3,(H2,5,6,7). The van der Waals surface area contributed by atoms with Gasteiger partial charge in [0, 0.05) is 14.2 Å². The molecule has 68 valence electrons. The largest absolute Gasteiger partial charge is 0.469 e. The molecule has 0 bridgehead atoms. The Morgan fingerprint density at radius 1 is 1.36 bits per heavy atom. The zero-order valence-electron chi connectivity index (χ0n) is 6.26. The minimum absolute atomic E-state index is 0.294. The molecule has 0 aromatic heterocycles. The Hall–Kier alpha value is 0.0300.